The van der Waals surface area contributed by atoms with Gasteiger partial charge in [0.2, 0.25) is 0 Å². The average Bonchev–Trinajstić information content (AvgIpc) is 2.90. The number of pyridine rings is 1. The summed E-state index contributed by atoms with van der Waals surface area (Å²) < 4.78 is 1.57. The number of aliphatic hydroxyl groups is 1. The molecule has 0 atom stereocenters. The van der Waals surface area contributed by atoms with Crippen molar-refractivity contribution in [3.8, 4) is 0 Å². The molecule has 118 valence electrons. The molecule has 0 fully saturated rings. The summed E-state index contributed by atoms with van der Waals surface area (Å²) in [6.07, 6.45) is 0. The van der Waals surface area contributed by atoms with Gasteiger partial charge in [0, 0.05) is 19.3 Å². The van der Waals surface area contributed by atoms with E-state index in [0.29, 0.717) is 34.8 Å². The molecule has 0 saturated carbocycles. The van der Waals surface area contributed by atoms with Gasteiger partial charge in [-0.25, -0.2) is 9.67 Å². The molecule has 3 rings (SSSR count). The van der Waals surface area contributed by atoms with Gasteiger partial charge in [0.25, 0.3) is 5.91 Å². The quantitative estimate of drug-likeness (QED) is 0.666. The summed E-state index contributed by atoms with van der Waals surface area (Å²) in [6, 6.07) is 12.8. The molecule has 7 heteroatoms. The second-order valence-electron chi connectivity index (χ2n) is 5.01. The Morgan fingerprint density at radius 3 is 2.74 bits per heavy atom. The van der Waals surface area contributed by atoms with Crippen LogP contribution >= 0.6 is 0 Å². The third kappa shape index (κ3) is 3.14. The Labute approximate surface area is 133 Å². The smallest absolute Gasteiger partial charge is 0.276 e. The van der Waals surface area contributed by atoms with Gasteiger partial charge in [-0.3, -0.25) is 4.79 Å². The van der Waals surface area contributed by atoms with Gasteiger partial charge in [0.1, 0.15) is 5.82 Å². The zero-order valence-electron chi connectivity index (χ0n) is 12.7. The van der Waals surface area contributed by atoms with E-state index in [1.54, 1.807) is 23.9 Å². The van der Waals surface area contributed by atoms with Gasteiger partial charge in [-0.1, -0.05) is 18.2 Å². The number of nitrogens with one attached hydrogen (secondary N) is 2. The molecule has 0 unspecified atom stereocenters. The van der Waals surface area contributed by atoms with E-state index in [-0.39, 0.29) is 12.5 Å². The Kier molecular flexibility index (Phi) is 4.20. The molecular formula is C16H17N5O2. The van der Waals surface area contributed by atoms with Crippen LogP contribution in [-0.2, 0) is 7.05 Å². The van der Waals surface area contributed by atoms with Crippen molar-refractivity contribution in [2.45, 2.75) is 0 Å². The number of aromatic nitrogens is 3. The lowest BCUT2D eigenvalue weighted by molar-refractivity contribution is 0.102. The fourth-order valence-corrected chi connectivity index (χ4v) is 2.29. The molecule has 1 amide bonds. The van der Waals surface area contributed by atoms with Gasteiger partial charge < -0.3 is 15.7 Å². The normalized spacial score (nSPS) is 10.7. The Bertz CT molecular complexity index is 829. The Balaban J connectivity index is 1.90. The molecule has 0 bridgehead atoms. The van der Waals surface area contributed by atoms with Gasteiger partial charge in [-0.15, -0.1) is 0 Å². The van der Waals surface area contributed by atoms with Crippen LogP contribution in [0.2, 0.25) is 0 Å². The summed E-state index contributed by atoms with van der Waals surface area (Å²) in [6.45, 7) is 0.438. The maximum absolute atomic E-state index is 12.4. The highest BCUT2D eigenvalue weighted by molar-refractivity contribution is 6.10. The van der Waals surface area contributed by atoms with Crippen molar-refractivity contribution in [1.82, 2.24) is 14.8 Å². The summed E-state index contributed by atoms with van der Waals surface area (Å²) in [7, 11) is 1.74. The van der Waals surface area contributed by atoms with Crippen molar-refractivity contribution < 1.29 is 9.90 Å². The van der Waals surface area contributed by atoms with Crippen molar-refractivity contribution >= 4 is 28.4 Å². The van der Waals surface area contributed by atoms with E-state index in [1.165, 1.54) is 0 Å². The third-order valence-corrected chi connectivity index (χ3v) is 3.35. The summed E-state index contributed by atoms with van der Waals surface area (Å²) in [5, 5.41) is 19.6. The van der Waals surface area contributed by atoms with E-state index in [4.69, 9.17) is 5.11 Å². The lowest BCUT2D eigenvalue weighted by Crippen LogP contribution is -2.13. The minimum Gasteiger partial charge on any atom is -0.395 e. The molecule has 0 aliphatic carbocycles. The van der Waals surface area contributed by atoms with Crippen LogP contribution in [0.3, 0.4) is 0 Å². The maximum Gasteiger partial charge on any atom is 0.276 e. The van der Waals surface area contributed by atoms with Crippen molar-refractivity contribution in [2.75, 3.05) is 23.8 Å². The standard InChI is InChI=1S/C16H17N5O2/c1-21-15-12(7-8-13(19-15)17-9-10-22)14(20-21)16(23)18-11-5-3-2-4-6-11/h2-8,22H,9-10H2,1H3,(H,17,19)(H,18,23). The molecule has 7 nitrogen and oxygen atoms in total. The second-order valence-corrected chi connectivity index (χ2v) is 5.01. The van der Waals surface area contributed by atoms with E-state index < -0.39 is 0 Å². The van der Waals surface area contributed by atoms with Crippen LogP contribution in [0.25, 0.3) is 11.0 Å². The van der Waals surface area contributed by atoms with Crippen LogP contribution in [0.5, 0.6) is 0 Å². The molecule has 0 saturated heterocycles. The molecule has 0 radical (unpaired) electrons. The number of aryl methyl sites for hydroxylation is 1. The number of carbonyl (C=O) groups is 1. The van der Waals surface area contributed by atoms with Crippen molar-refractivity contribution in [1.29, 1.82) is 0 Å². The second kappa shape index (κ2) is 6.45. The van der Waals surface area contributed by atoms with Crippen molar-refractivity contribution in [3.63, 3.8) is 0 Å². The van der Waals surface area contributed by atoms with Crippen LogP contribution < -0.4 is 10.6 Å². The first-order valence-corrected chi connectivity index (χ1v) is 7.24. The number of anilines is 2. The molecule has 23 heavy (non-hydrogen) atoms. The largest absolute Gasteiger partial charge is 0.395 e. The number of aliphatic hydroxyl groups excluding tert-OH is 1. The Morgan fingerprint density at radius 2 is 2.00 bits per heavy atom. The van der Waals surface area contributed by atoms with E-state index in [0.717, 1.165) is 0 Å². The minimum absolute atomic E-state index is 0.0236. The number of benzene rings is 1. The zero-order chi connectivity index (χ0) is 16.2. The number of carbonyl (C=O) groups excluding carboxylic acids is 1. The monoisotopic (exact) mass is 311 g/mol. The van der Waals surface area contributed by atoms with E-state index in [1.807, 2.05) is 30.3 Å². The van der Waals surface area contributed by atoms with Gasteiger partial charge in [0.15, 0.2) is 11.3 Å². The van der Waals surface area contributed by atoms with Gasteiger partial charge >= 0.3 is 0 Å². The molecular weight excluding hydrogens is 294 g/mol. The molecule has 3 aromatic rings. The summed E-state index contributed by atoms with van der Waals surface area (Å²) in [5.41, 5.74) is 1.64. The first-order chi connectivity index (χ1) is 11.2. The molecule has 3 N–H and O–H groups in total. The number of rotatable bonds is 5. The van der Waals surface area contributed by atoms with Crippen LogP contribution in [0.4, 0.5) is 11.5 Å². The number of hydrogen-bond acceptors (Lipinski definition) is 5. The summed E-state index contributed by atoms with van der Waals surface area (Å²) in [5.74, 6) is 0.351. The first-order valence-electron chi connectivity index (χ1n) is 7.24. The van der Waals surface area contributed by atoms with Gasteiger partial charge in [-0.2, -0.15) is 5.10 Å². The Morgan fingerprint density at radius 1 is 1.22 bits per heavy atom. The Hall–Kier alpha value is -2.93. The predicted octanol–water partition coefficient (Wildman–Crippen LogP) is 1.62. The number of fused-ring (bicyclic) bond motifs is 1. The van der Waals surface area contributed by atoms with Crippen LogP contribution in [-0.4, -0.2) is 38.9 Å². The number of amides is 1. The minimum atomic E-state index is -0.278. The number of para-hydroxylation sites is 1. The van der Waals surface area contributed by atoms with Crippen LogP contribution in [0, 0.1) is 0 Å². The topological polar surface area (TPSA) is 92.1 Å². The van der Waals surface area contributed by atoms with Crippen LogP contribution in [0.1, 0.15) is 10.5 Å². The lowest BCUT2D eigenvalue weighted by Gasteiger charge is -2.04. The highest BCUT2D eigenvalue weighted by Crippen LogP contribution is 2.20. The zero-order valence-corrected chi connectivity index (χ0v) is 12.7. The molecule has 1 aromatic carbocycles. The fraction of sp³-hybridized carbons (Fsp3) is 0.188. The lowest BCUT2D eigenvalue weighted by atomic mass is 10.2. The maximum atomic E-state index is 12.4. The highest BCUT2D eigenvalue weighted by Gasteiger charge is 2.17. The van der Waals surface area contributed by atoms with E-state index in [9.17, 15) is 4.79 Å². The van der Waals surface area contributed by atoms with Crippen molar-refractivity contribution in [2.24, 2.45) is 7.05 Å². The van der Waals surface area contributed by atoms with E-state index in [2.05, 4.69) is 20.7 Å². The van der Waals surface area contributed by atoms with E-state index >= 15 is 0 Å². The average molecular weight is 311 g/mol. The van der Waals surface area contributed by atoms with Gasteiger partial charge in [-0.05, 0) is 24.3 Å². The molecule has 2 heterocycles. The van der Waals surface area contributed by atoms with Gasteiger partial charge in [0.05, 0.1) is 12.0 Å². The third-order valence-electron chi connectivity index (χ3n) is 3.35. The SMILES string of the molecule is Cn1nc(C(=O)Nc2ccccc2)c2ccc(NCCO)nc21. The predicted molar refractivity (Wildman–Crippen MR) is 88.5 cm³/mol. The molecule has 0 aliphatic rings. The van der Waals surface area contributed by atoms with Crippen molar-refractivity contribution in [3.05, 3.63) is 48.2 Å². The summed E-state index contributed by atoms with van der Waals surface area (Å²) in [4.78, 5) is 16.9. The molecule has 0 aliphatic heterocycles. The molecule has 2 aromatic heterocycles. The van der Waals surface area contributed by atoms with Crippen LogP contribution in [0.15, 0.2) is 42.5 Å². The number of nitrogens with zero attached hydrogens (tertiary/aromatic N) is 3. The first kappa shape index (κ1) is 15.0. The summed E-state index contributed by atoms with van der Waals surface area (Å²) >= 11 is 0. The number of hydrogen-bond donors (Lipinski definition) is 3. The highest BCUT2D eigenvalue weighted by atomic mass is 16.3. The molecule has 0 spiro atoms. The fourth-order valence-electron chi connectivity index (χ4n) is 2.29.